The molecule has 1 aliphatic heterocycles. The van der Waals surface area contributed by atoms with Gasteiger partial charge in [0.2, 0.25) is 0 Å². The molecule has 0 spiro atoms. The normalized spacial score (nSPS) is 14.1. The fourth-order valence-electron chi connectivity index (χ4n) is 4.18. The number of anilines is 1. The summed E-state index contributed by atoms with van der Waals surface area (Å²) in [5, 5.41) is 3.59. The molecule has 1 aromatic heterocycles. The van der Waals surface area contributed by atoms with Crippen LogP contribution in [0.4, 0.5) is 14.9 Å². The standard InChI is InChI=1S/C24H27FN4O2/c1-17-7-6-8-18-15-19(23(30)27-22(17)18)16-29(14-13-28-11-4-5-12-28)24(31)26-21-10-3-2-9-20(21)25/h2-3,6-10,15H,4-5,11-14,16H2,1H3,(H,26,31)(H,27,30)/p+1. The number of nitrogens with one attached hydrogen (secondary N) is 3. The van der Waals surface area contributed by atoms with Crippen molar-refractivity contribution >= 4 is 22.6 Å². The monoisotopic (exact) mass is 423 g/mol. The number of fused-ring (bicyclic) bond motifs is 1. The van der Waals surface area contributed by atoms with Crippen LogP contribution in [0.2, 0.25) is 0 Å². The third-order valence-corrected chi connectivity index (χ3v) is 5.97. The highest BCUT2D eigenvalue weighted by Gasteiger charge is 2.21. The minimum Gasteiger partial charge on any atom is -0.333 e. The topological polar surface area (TPSA) is 69.6 Å². The van der Waals surface area contributed by atoms with Crippen LogP contribution in [0.15, 0.2) is 53.3 Å². The van der Waals surface area contributed by atoms with Crippen LogP contribution in [0.25, 0.3) is 10.9 Å². The summed E-state index contributed by atoms with van der Waals surface area (Å²) >= 11 is 0. The Morgan fingerprint density at radius 3 is 2.71 bits per heavy atom. The van der Waals surface area contributed by atoms with E-state index in [2.05, 4.69) is 10.3 Å². The second-order valence-electron chi connectivity index (χ2n) is 8.20. The largest absolute Gasteiger partial charge is 0.333 e. The smallest absolute Gasteiger partial charge is 0.322 e. The number of benzene rings is 2. The summed E-state index contributed by atoms with van der Waals surface area (Å²) in [6, 6.07) is 13.4. The van der Waals surface area contributed by atoms with Gasteiger partial charge in [0.05, 0.1) is 43.9 Å². The molecule has 0 bridgehead atoms. The van der Waals surface area contributed by atoms with Crippen LogP contribution in [0, 0.1) is 12.7 Å². The molecule has 7 heteroatoms. The van der Waals surface area contributed by atoms with Crippen molar-refractivity contribution in [3.63, 3.8) is 0 Å². The lowest BCUT2D eigenvalue weighted by Gasteiger charge is -2.24. The van der Waals surface area contributed by atoms with Crippen LogP contribution in [-0.2, 0) is 6.54 Å². The maximum Gasteiger partial charge on any atom is 0.322 e. The number of rotatable bonds is 6. The molecule has 2 heterocycles. The molecule has 162 valence electrons. The molecule has 0 aliphatic carbocycles. The van der Waals surface area contributed by atoms with E-state index in [4.69, 9.17) is 0 Å². The third-order valence-electron chi connectivity index (χ3n) is 5.97. The second-order valence-corrected chi connectivity index (χ2v) is 8.20. The lowest BCUT2D eigenvalue weighted by atomic mass is 10.1. The van der Waals surface area contributed by atoms with E-state index in [1.54, 1.807) is 17.0 Å². The Bertz CT molecular complexity index is 1140. The SMILES string of the molecule is Cc1cccc2cc(CN(CC[NH+]3CCCC3)C(=O)Nc3ccccc3F)c(=O)[nH]c12. The number of halogens is 1. The highest BCUT2D eigenvalue weighted by molar-refractivity contribution is 5.89. The molecule has 0 radical (unpaired) electrons. The summed E-state index contributed by atoms with van der Waals surface area (Å²) in [5.74, 6) is -0.486. The average Bonchev–Trinajstić information content (AvgIpc) is 3.27. The molecule has 0 unspecified atom stereocenters. The number of amides is 2. The Kier molecular flexibility index (Phi) is 6.32. The number of urea groups is 1. The molecule has 1 saturated heterocycles. The number of nitrogens with zero attached hydrogens (tertiary/aromatic N) is 1. The molecular weight excluding hydrogens is 395 g/mol. The van der Waals surface area contributed by atoms with Gasteiger partial charge in [-0.3, -0.25) is 4.79 Å². The van der Waals surface area contributed by atoms with E-state index in [1.807, 2.05) is 31.2 Å². The van der Waals surface area contributed by atoms with E-state index in [-0.39, 0.29) is 17.8 Å². The van der Waals surface area contributed by atoms with E-state index in [1.165, 1.54) is 29.9 Å². The zero-order valence-electron chi connectivity index (χ0n) is 17.7. The zero-order valence-corrected chi connectivity index (χ0v) is 17.7. The van der Waals surface area contributed by atoms with Crippen LogP contribution in [0.1, 0.15) is 24.0 Å². The van der Waals surface area contributed by atoms with Crippen molar-refractivity contribution in [1.29, 1.82) is 0 Å². The molecule has 0 saturated carbocycles. The number of para-hydroxylation sites is 2. The lowest BCUT2D eigenvalue weighted by Crippen LogP contribution is -3.10. The van der Waals surface area contributed by atoms with Gasteiger partial charge in [-0.15, -0.1) is 0 Å². The van der Waals surface area contributed by atoms with Crippen LogP contribution < -0.4 is 15.8 Å². The fourth-order valence-corrected chi connectivity index (χ4v) is 4.18. The van der Waals surface area contributed by atoms with Crippen LogP contribution in [-0.4, -0.2) is 42.1 Å². The van der Waals surface area contributed by atoms with Gasteiger partial charge >= 0.3 is 6.03 Å². The van der Waals surface area contributed by atoms with Crippen molar-refractivity contribution in [2.45, 2.75) is 26.3 Å². The minimum absolute atomic E-state index is 0.133. The molecule has 1 aliphatic rings. The van der Waals surface area contributed by atoms with Gasteiger partial charge in [-0.1, -0.05) is 30.3 Å². The first-order valence-corrected chi connectivity index (χ1v) is 10.8. The number of aromatic amines is 1. The van der Waals surface area contributed by atoms with Crippen LogP contribution in [0.5, 0.6) is 0 Å². The summed E-state index contributed by atoms with van der Waals surface area (Å²) in [6.07, 6.45) is 2.39. The average molecular weight is 424 g/mol. The van der Waals surface area contributed by atoms with Gasteiger partial charge in [0.25, 0.3) is 5.56 Å². The predicted molar refractivity (Wildman–Crippen MR) is 120 cm³/mol. The highest BCUT2D eigenvalue weighted by Crippen LogP contribution is 2.17. The number of aryl methyl sites for hydroxylation is 1. The van der Waals surface area contributed by atoms with Crippen molar-refractivity contribution in [1.82, 2.24) is 9.88 Å². The van der Waals surface area contributed by atoms with Crippen molar-refractivity contribution in [2.24, 2.45) is 0 Å². The first-order chi connectivity index (χ1) is 15.0. The first-order valence-electron chi connectivity index (χ1n) is 10.8. The van der Waals surface area contributed by atoms with Crippen LogP contribution in [0.3, 0.4) is 0 Å². The molecule has 31 heavy (non-hydrogen) atoms. The molecule has 0 atom stereocenters. The Balaban J connectivity index is 1.58. The number of hydrogen-bond donors (Lipinski definition) is 3. The molecule has 3 N–H and O–H groups in total. The van der Waals surface area contributed by atoms with Crippen molar-refractivity contribution in [2.75, 3.05) is 31.5 Å². The summed E-state index contributed by atoms with van der Waals surface area (Å²) in [4.78, 5) is 31.8. The minimum atomic E-state index is -0.486. The van der Waals surface area contributed by atoms with Crippen molar-refractivity contribution < 1.29 is 14.1 Å². The molecule has 3 aromatic rings. The number of likely N-dealkylation sites (tertiary alicyclic amines) is 1. The Morgan fingerprint density at radius 2 is 1.94 bits per heavy atom. The lowest BCUT2D eigenvalue weighted by molar-refractivity contribution is -0.886. The molecular formula is C24H28FN4O2+. The predicted octanol–water partition coefficient (Wildman–Crippen LogP) is 2.69. The number of carbonyl (C=O) groups excluding carboxylic acids is 1. The van der Waals surface area contributed by atoms with E-state index in [0.717, 1.165) is 36.1 Å². The number of carbonyl (C=O) groups is 1. The summed E-state index contributed by atoms with van der Waals surface area (Å²) < 4.78 is 14.1. The van der Waals surface area contributed by atoms with Gasteiger partial charge in [-0.2, -0.15) is 0 Å². The van der Waals surface area contributed by atoms with Gasteiger partial charge in [-0.25, -0.2) is 9.18 Å². The van der Waals surface area contributed by atoms with Gasteiger partial charge in [-0.05, 0) is 36.1 Å². The van der Waals surface area contributed by atoms with Gasteiger partial charge < -0.3 is 20.1 Å². The second kappa shape index (κ2) is 9.31. The number of H-pyrrole nitrogens is 1. The molecule has 1 fully saturated rings. The van der Waals surface area contributed by atoms with E-state index < -0.39 is 11.8 Å². The number of quaternary nitrogens is 1. The first kappa shape index (κ1) is 21.1. The third kappa shape index (κ3) is 4.94. The quantitative estimate of drug-likeness (QED) is 0.571. The van der Waals surface area contributed by atoms with Crippen molar-refractivity contribution in [3.05, 3.63) is 75.8 Å². The maximum atomic E-state index is 14.1. The van der Waals surface area contributed by atoms with Gasteiger partial charge in [0.1, 0.15) is 5.82 Å². The van der Waals surface area contributed by atoms with Crippen LogP contribution >= 0.6 is 0 Å². The number of pyridine rings is 1. The number of aromatic nitrogens is 1. The highest BCUT2D eigenvalue weighted by atomic mass is 19.1. The van der Waals surface area contributed by atoms with Crippen molar-refractivity contribution in [3.8, 4) is 0 Å². The zero-order chi connectivity index (χ0) is 21.8. The molecule has 6 nitrogen and oxygen atoms in total. The summed E-state index contributed by atoms with van der Waals surface area (Å²) in [5.41, 5.74) is 2.24. The maximum absolute atomic E-state index is 14.1. The van der Waals surface area contributed by atoms with Gasteiger partial charge in [0.15, 0.2) is 0 Å². The summed E-state index contributed by atoms with van der Waals surface area (Å²) in [7, 11) is 0. The molecule has 2 amide bonds. The molecule has 2 aromatic carbocycles. The van der Waals surface area contributed by atoms with Gasteiger partial charge in [0, 0.05) is 18.4 Å². The number of hydrogen-bond acceptors (Lipinski definition) is 2. The van der Waals surface area contributed by atoms with E-state index in [9.17, 15) is 14.0 Å². The van der Waals surface area contributed by atoms with E-state index in [0.29, 0.717) is 12.1 Å². The Labute approximate surface area is 180 Å². The molecule has 4 rings (SSSR count). The fraction of sp³-hybridized carbons (Fsp3) is 0.333. The summed E-state index contributed by atoms with van der Waals surface area (Å²) in [6.45, 7) is 5.59. The van der Waals surface area contributed by atoms with E-state index >= 15 is 0 Å². The Hall–Kier alpha value is -3.19. The Morgan fingerprint density at radius 1 is 1.16 bits per heavy atom.